The predicted octanol–water partition coefficient (Wildman–Crippen LogP) is 2.96. The highest BCUT2D eigenvalue weighted by Crippen LogP contribution is 2.20. The molecule has 1 heterocycles. The van der Waals surface area contributed by atoms with Gasteiger partial charge in [0.15, 0.2) is 5.82 Å². The van der Waals surface area contributed by atoms with Crippen LogP contribution >= 0.6 is 11.6 Å². The summed E-state index contributed by atoms with van der Waals surface area (Å²) in [6.45, 7) is 0. The molecule has 1 N–H and O–H groups in total. The van der Waals surface area contributed by atoms with Crippen LogP contribution in [0, 0.1) is 0 Å². The van der Waals surface area contributed by atoms with Crippen molar-refractivity contribution < 1.29 is 4.79 Å². The fourth-order valence-corrected chi connectivity index (χ4v) is 2.01. The first-order valence-corrected chi connectivity index (χ1v) is 6.07. The van der Waals surface area contributed by atoms with E-state index in [1.54, 1.807) is 0 Å². The second kappa shape index (κ2) is 5.77. The summed E-state index contributed by atoms with van der Waals surface area (Å²) >= 11 is 5.68. The number of nitrogens with one attached hydrogen (secondary N) is 1. The summed E-state index contributed by atoms with van der Waals surface area (Å²) in [4.78, 5) is 19.5. The van der Waals surface area contributed by atoms with Crippen LogP contribution in [0.25, 0.3) is 0 Å². The van der Waals surface area contributed by atoms with Crippen molar-refractivity contribution >= 4 is 23.3 Å². The van der Waals surface area contributed by atoms with E-state index in [0.29, 0.717) is 12.2 Å². The Morgan fingerprint density at radius 1 is 1.41 bits per heavy atom. The van der Waals surface area contributed by atoms with Gasteiger partial charge in [0.2, 0.25) is 5.91 Å². The van der Waals surface area contributed by atoms with Crippen LogP contribution in [-0.2, 0) is 4.79 Å². The maximum atomic E-state index is 11.7. The standard InChI is InChI=1S/C12H14ClN3O/c13-10-7-14-8-11(15-10)16-12(17)6-9-4-2-1-3-5-9/h4,7-8H,1-3,5-6H2,(H,15,16,17). The van der Waals surface area contributed by atoms with Crippen LogP contribution in [0.5, 0.6) is 0 Å². The summed E-state index contributed by atoms with van der Waals surface area (Å²) in [6, 6.07) is 0. The Hall–Kier alpha value is -1.42. The van der Waals surface area contributed by atoms with E-state index in [-0.39, 0.29) is 11.1 Å². The lowest BCUT2D eigenvalue weighted by Gasteiger charge is -2.12. The molecular weight excluding hydrogens is 238 g/mol. The number of aromatic nitrogens is 2. The molecule has 1 amide bonds. The van der Waals surface area contributed by atoms with Crippen LogP contribution in [0.1, 0.15) is 32.1 Å². The lowest BCUT2D eigenvalue weighted by atomic mass is 9.97. The molecule has 0 unspecified atom stereocenters. The SMILES string of the molecule is O=C(CC1=CCCCC1)Nc1cncc(Cl)n1. The van der Waals surface area contributed by atoms with Gasteiger partial charge in [-0.3, -0.25) is 9.78 Å². The summed E-state index contributed by atoms with van der Waals surface area (Å²) in [7, 11) is 0. The van der Waals surface area contributed by atoms with Gasteiger partial charge in [-0.15, -0.1) is 0 Å². The summed E-state index contributed by atoms with van der Waals surface area (Å²) in [6.07, 6.45) is 10.0. The number of anilines is 1. The van der Waals surface area contributed by atoms with Crippen LogP contribution in [0.2, 0.25) is 5.15 Å². The van der Waals surface area contributed by atoms with Gasteiger partial charge in [-0.05, 0) is 25.7 Å². The number of rotatable bonds is 3. The molecule has 4 nitrogen and oxygen atoms in total. The lowest BCUT2D eigenvalue weighted by molar-refractivity contribution is -0.115. The maximum Gasteiger partial charge on any atom is 0.229 e. The lowest BCUT2D eigenvalue weighted by Crippen LogP contribution is -2.14. The number of carbonyl (C=O) groups is 1. The Morgan fingerprint density at radius 2 is 2.29 bits per heavy atom. The molecule has 1 aromatic heterocycles. The number of hydrogen-bond donors (Lipinski definition) is 1. The van der Waals surface area contributed by atoms with Gasteiger partial charge in [0, 0.05) is 6.42 Å². The highest BCUT2D eigenvalue weighted by molar-refractivity contribution is 6.29. The third kappa shape index (κ3) is 3.82. The van der Waals surface area contributed by atoms with E-state index in [0.717, 1.165) is 12.8 Å². The molecule has 0 bridgehead atoms. The van der Waals surface area contributed by atoms with Gasteiger partial charge in [-0.25, -0.2) is 4.98 Å². The average molecular weight is 252 g/mol. The van der Waals surface area contributed by atoms with Crippen molar-refractivity contribution in [3.05, 3.63) is 29.2 Å². The number of allylic oxidation sites excluding steroid dienone is 1. The topological polar surface area (TPSA) is 54.9 Å². The summed E-state index contributed by atoms with van der Waals surface area (Å²) in [5, 5.41) is 2.97. The third-order valence-corrected chi connectivity index (χ3v) is 2.83. The molecule has 0 saturated heterocycles. The van der Waals surface area contributed by atoms with Crippen molar-refractivity contribution in [1.82, 2.24) is 9.97 Å². The maximum absolute atomic E-state index is 11.7. The van der Waals surface area contributed by atoms with E-state index in [1.165, 1.54) is 30.8 Å². The molecule has 90 valence electrons. The zero-order chi connectivity index (χ0) is 12.1. The van der Waals surface area contributed by atoms with Crippen LogP contribution in [0.3, 0.4) is 0 Å². The number of carbonyl (C=O) groups excluding carboxylic acids is 1. The summed E-state index contributed by atoms with van der Waals surface area (Å²) in [5.41, 5.74) is 1.21. The Kier molecular flexibility index (Phi) is 4.09. The molecule has 0 aliphatic heterocycles. The second-order valence-electron chi connectivity index (χ2n) is 4.06. The molecule has 5 heteroatoms. The molecule has 1 aliphatic carbocycles. The van der Waals surface area contributed by atoms with E-state index < -0.39 is 0 Å². The average Bonchev–Trinajstić information content (AvgIpc) is 2.30. The van der Waals surface area contributed by atoms with Crippen molar-refractivity contribution in [3.8, 4) is 0 Å². The minimum Gasteiger partial charge on any atom is -0.309 e. The first-order valence-electron chi connectivity index (χ1n) is 5.69. The van der Waals surface area contributed by atoms with Crippen LogP contribution in [0.15, 0.2) is 24.0 Å². The second-order valence-corrected chi connectivity index (χ2v) is 4.45. The quantitative estimate of drug-likeness (QED) is 0.841. The van der Waals surface area contributed by atoms with E-state index in [9.17, 15) is 4.79 Å². The van der Waals surface area contributed by atoms with Crippen molar-refractivity contribution in [3.63, 3.8) is 0 Å². The molecule has 0 saturated carbocycles. The summed E-state index contributed by atoms with van der Waals surface area (Å²) in [5.74, 6) is 0.341. The third-order valence-electron chi connectivity index (χ3n) is 2.65. The first kappa shape index (κ1) is 12.0. The largest absolute Gasteiger partial charge is 0.309 e. The zero-order valence-corrected chi connectivity index (χ0v) is 10.2. The van der Waals surface area contributed by atoms with Gasteiger partial charge in [0.25, 0.3) is 0 Å². The van der Waals surface area contributed by atoms with Crippen molar-refractivity contribution in [2.45, 2.75) is 32.1 Å². The molecule has 0 aromatic carbocycles. The number of amides is 1. The Balaban J connectivity index is 1.91. The van der Waals surface area contributed by atoms with Gasteiger partial charge < -0.3 is 5.32 Å². The highest BCUT2D eigenvalue weighted by atomic mass is 35.5. The molecule has 0 spiro atoms. The van der Waals surface area contributed by atoms with Crippen LogP contribution in [0.4, 0.5) is 5.82 Å². The van der Waals surface area contributed by atoms with E-state index in [2.05, 4.69) is 21.4 Å². The number of hydrogen-bond acceptors (Lipinski definition) is 3. The predicted molar refractivity (Wildman–Crippen MR) is 66.8 cm³/mol. The van der Waals surface area contributed by atoms with Gasteiger partial charge in [0.05, 0.1) is 12.4 Å². The molecule has 0 atom stereocenters. The first-order chi connectivity index (χ1) is 8.24. The fraction of sp³-hybridized carbons (Fsp3) is 0.417. The van der Waals surface area contributed by atoms with E-state index >= 15 is 0 Å². The molecular formula is C12H14ClN3O. The van der Waals surface area contributed by atoms with E-state index in [1.807, 2.05) is 0 Å². The normalized spacial score (nSPS) is 15.2. The van der Waals surface area contributed by atoms with Crippen LogP contribution < -0.4 is 5.32 Å². The number of nitrogens with zero attached hydrogens (tertiary/aromatic N) is 2. The molecule has 1 aromatic rings. The smallest absolute Gasteiger partial charge is 0.229 e. The minimum atomic E-state index is -0.0604. The Bertz CT molecular complexity index is 445. The fourth-order valence-electron chi connectivity index (χ4n) is 1.86. The molecule has 17 heavy (non-hydrogen) atoms. The molecule has 0 radical (unpaired) electrons. The van der Waals surface area contributed by atoms with Crippen LogP contribution in [-0.4, -0.2) is 15.9 Å². The number of halogens is 1. The van der Waals surface area contributed by atoms with Gasteiger partial charge in [0.1, 0.15) is 5.15 Å². The summed E-state index contributed by atoms with van der Waals surface area (Å²) < 4.78 is 0. The van der Waals surface area contributed by atoms with Gasteiger partial charge in [-0.1, -0.05) is 23.3 Å². The Morgan fingerprint density at radius 3 is 3.00 bits per heavy atom. The monoisotopic (exact) mass is 251 g/mol. The highest BCUT2D eigenvalue weighted by Gasteiger charge is 2.09. The molecule has 0 fully saturated rings. The van der Waals surface area contributed by atoms with Crippen molar-refractivity contribution in [2.75, 3.05) is 5.32 Å². The zero-order valence-electron chi connectivity index (χ0n) is 9.45. The van der Waals surface area contributed by atoms with Crippen molar-refractivity contribution in [1.29, 1.82) is 0 Å². The minimum absolute atomic E-state index is 0.0604. The van der Waals surface area contributed by atoms with Gasteiger partial charge >= 0.3 is 0 Å². The molecule has 2 rings (SSSR count). The Labute approximate surface area is 105 Å². The van der Waals surface area contributed by atoms with Crippen molar-refractivity contribution in [2.24, 2.45) is 0 Å². The van der Waals surface area contributed by atoms with E-state index in [4.69, 9.17) is 11.6 Å². The molecule has 1 aliphatic rings. The van der Waals surface area contributed by atoms with Gasteiger partial charge in [-0.2, -0.15) is 0 Å².